The van der Waals surface area contributed by atoms with Gasteiger partial charge in [0.1, 0.15) is 5.75 Å². The minimum absolute atomic E-state index is 0.0329. The Labute approximate surface area is 193 Å². The Hall–Kier alpha value is -2.17. The van der Waals surface area contributed by atoms with Gasteiger partial charge in [-0.15, -0.1) is 0 Å². The molecule has 1 aliphatic carbocycles. The summed E-state index contributed by atoms with van der Waals surface area (Å²) >= 11 is 0. The van der Waals surface area contributed by atoms with E-state index < -0.39 is 27.8 Å². The molecular weight excluding hydrogens is 452 g/mol. The van der Waals surface area contributed by atoms with Crippen molar-refractivity contribution < 1.29 is 27.4 Å². The number of rotatable bonds is 6. The molecule has 1 aromatic carbocycles. The van der Waals surface area contributed by atoms with Gasteiger partial charge in [0.25, 0.3) is 0 Å². The van der Waals surface area contributed by atoms with Crippen molar-refractivity contribution in [1.82, 2.24) is 15.1 Å². The number of fused-ring (bicyclic) bond motifs is 1. The number of hydrogen-bond donors (Lipinski definition) is 3. The van der Waals surface area contributed by atoms with Crippen molar-refractivity contribution in [1.29, 1.82) is 0 Å². The van der Waals surface area contributed by atoms with Crippen molar-refractivity contribution >= 4 is 16.5 Å². The topological polar surface area (TPSA) is 96.6 Å². The maximum atomic E-state index is 14.8. The summed E-state index contributed by atoms with van der Waals surface area (Å²) in [4.78, 5) is 13.0. The lowest BCUT2D eigenvalue weighted by molar-refractivity contribution is -0.126. The summed E-state index contributed by atoms with van der Waals surface area (Å²) in [6, 6.07) is 2.48. The van der Waals surface area contributed by atoms with Gasteiger partial charge < -0.3 is 10.1 Å². The molecule has 33 heavy (non-hydrogen) atoms. The average Bonchev–Trinajstić information content (AvgIpc) is 3.08. The molecule has 2 aromatic rings. The van der Waals surface area contributed by atoms with Gasteiger partial charge in [0.2, 0.25) is 5.91 Å². The summed E-state index contributed by atoms with van der Waals surface area (Å²) in [6.07, 6.45) is 1.46. The fourth-order valence-electron chi connectivity index (χ4n) is 4.94. The molecule has 2 heterocycles. The van der Waals surface area contributed by atoms with Gasteiger partial charge >= 0.3 is 0 Å². The second-order valence-electron chi connectivity index (χ2n) is 9.59. The zero-order valence-corrected chi connectivity index (χ0v) is 20.1. The molecule has 1 saturated heterocycles. The van der Waals surface area contributed by atoms with Crippen molar-refractivity contribution in [2.45, 2.75) is 58.5 Å². The molecule has 1 amide bonds. The van der Waals surface area contributed by atoms with E-state index >= 15 is 0 Å². The second-order valence-corrected chi connectivity index (χ2v) is 11.8. The quantitative estimate of drug-likeness (QED) is 0.560. The van der Waals surface area contributed by atoms with E-state index in [2.05, 4.69) is 10.4 Å². The van der Waals surface area contributed by atoms with Crippen molar-refractivity contribution in [3.8, 4) is 17.0 Å². The first kappa shape index (κ1) is 24.0. The molecule has 7 nitrogen and oxygen atoms in total. The molecule has 10 heteroatoms. The average molecular weight is 484 g/mol. The summed E-state index contributed by atoms with van der Waals surface area (Å²) in [5, 5.41) is 7.62. The highest BCUT2D eigenvalue weighted by molar-refractivity contribution is 8.25. The standard InChI is InChI=1S/C23H31F2N3O4S/c1-5-32-15-9-17(20(25)18(24)10-15)21-16-7-6-14(8-19(16)28(27-21)13(2)3)22(29)26-23(4)11-33(30,31)12-23/h9-10,13-14,30-31H,5-8,11-12H2,1-4H3,(H,26,29). The van der Waals surface area contributed by atoms with E-state index in [0.29, 0.717) is 31.6 Å². The maximum absolute atomic E-state index is 14.8. The Bertz CT molecular complexity index is 1080. The van der Waals surface area contributed by atoms with E-state index in [1.54, 1.807) is 11.6 Å². The number of ether oxygens (including phenoxy) is 1. The first-order chi connectivity index (χ1) is 15.4. The molecule has 1 fully saturated rings. The van der Waals surface area contributed by atoms with Crippen LogP contribution >= 0.6 is 10.6 Å². The Morgan fingerprint density at radius 2 is 2.06 bits per heavy atom. The lowest BCUT2D eigenvalue weighted by Gasteiger charge is -2.54. The summed E-state index contributed by atoms with van der Waals surface area (Å²) in [6.45, 7) is 7.82. The second kappa shape index (κ2) is 8.56. The zero-order chi connectivity index (χ0) is 24.1. The number of hydrogen-bond acceptors (Lipinski definition) is 5. The summed E-state index contributed by atoms with van der Waals surface area (Å²) in [7, 11) is -2.58. The Balaban J connectivity index is 1.64. The predicted octanol–water partition coefficient (Wildman–Crippen LogP) is 4.55. The lowest BCUT2D eigenvalue weighted by Crippen LogP contribution is -2.62. The molecule has 4 rings (SSSR count). The molecule has 1 aliphatic heterocycles. The normalized spacial score (nSPS) is 21.8. The van der Waals surface area contributed by atoms with Crippen LogP contribution in [0, 0.1) is 17.6 Å². The van der Waals surface area contributed by atoms with Gasteiger partial charge in [0.15, 0.2) is 11.6 Å². The fourth-order valence-corrected chi connectivity index (χ4v) is 7.04. The molecule has 3 N–H and O–H groups in total. The summed E-state index contributed by atoms with van der Waals surface area (Å²) in [5.41, 5.74) is 1.50. The van der Waals surface area contributed by atoms with Crippen LogP contribution in [0.2, 0.25) is 0 Å². The fraction of sp³-hybridized carbons (Fsp3) is 0.565. The highest BCUT2D eigenvalue weighted by atomic mass is 32.3. The Morgan fingerprint density at radius 1 is 1.36 bits per heavy atom. The third-order valence-electron chi connectivity index (χ3n) is 6.25. The highest BCUT2D eigenvalue weighted by Gasteiger charge is 2.46. The van der Waals surface area contributed by atoms with Crippen LogP contribution < -0.4 is 10.1 Å². The van der Waals surface area contributed by atoms with Crippen molar-refractivity contribution in [3.63, 3.8) is 0 Å². The van der Waals surface area contributed by atoms with Gasteiger partial charge in [0.05, 0.1) is 29.3 Å². The monoisotopic (exact) mass is 483 g/mol. The van der Waals surface area contributed by atoms with E-state index in [1.807, 2.05) is 20.8 Å². The number of halogens is 2. The van der Waals surface area contributed by atoms with Crippen LogP contribution in [0.5, 0.6) is 5.75 Å². The maximum Gasteiger partial charge on any atom is 0.224 e. The molecule has 182 valence electrons. The Morgan fingerprint density at radius 3 is 2.67 bits per heavy atom. The zero-order valence-electron chi connectivity index (χ0n) is 19.3. The van der Waals surface area contributed by atoms with Crippen molar-refractivity contribution in [2.24, 2.45) is 5.92 Å². The van der Waals surface area contributed by atoms with Crippen LogP contribution in [0.25, 0.3) is 11.3 Å². The first-order valence-electron chi connectivity index (χ1n) is 11.2. The molecule has 1 aromatic heterocycles. The summed E-state index contributed by atoms with van der Waals surface area (Å²) in [5.74, 6) is -1.82. The van der Waals surface area contributed by atoms with E-state index in [1.165, 1.54) is 6.07 Å². The minimum atomic E-state index is -2.58. The Kier molecular flexibility index (Phi) is 6.22. The molecule has 0 bridgehead atoms. The van der Waals surface area contributed by atoms with E-state index in [0.717, 1.165) is 17.3 Å². The lowest BCUT2D eigenvalue weighted by atomic mass is 9.84. The van der Waals surface area contributed by atoms with Gasteiger partial charge in [0, 0.05) is 41.3 Å². The molecular formula is C23H31F2N3O4S. The number of benzene rings is 1. The van der Waals surface area contributed by atoms with E-state index in [4.69, 9.17) is 4.74 Å². The smallest absolute Gasteiger partial charge is 0.224 e. The molecule has 0 spiro atoms. The molecule has 0 radical (unpaired) electrons. The summed E-state index contributed by atoms with van der Waals surface area (Å²) < 4.78 is 55.7. The van der Waals surface area contributed by atoms with Crippen molar-refractivity contribution in [3.05, 3.63) is 35.0 Å². The number of amides is 1. The largest absolute Gasteiger partial charge is 0.494 e. The van der Waals surface area contributed by atoms with Gasteiger partial charge in [-0.1, -0.05) is 0 Å². The van der Waals surface area contributed by atoms with Crippen LogP contribution in [0.1, 0.15) is 51.4 Å². The minimum Gasteiger partial charge on any atom is -0.494 e. The number of carbonyl (C=O) groups excluding carboxylic acids is 1. The van der Waals surface area contributed by atoms with E-state index in [9.17, 15) is 22.7 Å². The van der Waals surface area contributed by atoms with Gasteiger partial charge in [-0.05, 0) is 46.6 Å². The SMILES string of the molecule is CCOc1cc(F)c(F)c(-c2nn(C(C)C)c3c2CCC(C(=O)NC2(C)CS(O)(O)C2)C3)c1. The number of carbonyl (C=O) groups is 1. The van der Waals surface area contributed by atoms with Crippen LogP contribution in [0.3, 0.4) is 0 Å². The van der Waals surface area contributed by atoms with E-state index in [-0.39, 0.29) is 40.7 Å². The van der Waals surface area contributed by atoms with Crippen LogP contribution in [-0.4, -0.2) is 48.4 Å². The van der Waals surface area contributed by atoms with Crippen LogP contribution in [0.15, 0.2) is 12.1 Å². The molecule has 0 saturated carbocycles. The predicted molar refractivity (Wildman–Crippen MR) is 124 cm³/mol. The van der Waals surface area contributed by atoms with Crippen molar-refractivity contribution in [2.75, 3.05) is 18.1 Å². The number of nitrogens with one attached hydrogen (secondary N) is 1. The van der Waals surface area contributed by atoms with Gasteiger partial charge in [-0.3, -0.25) is 18.6 Å². The van der Waals surface area contributed by atoms with Gasteiger partial charge in [-0.2, -0.15) is 15.7 Å². The molecule has 1 atom stereocenters. The third kappa shape index (κ3) is 4.61. The highest BCUT2D eigenvalue weighted by Crippen LogP contribution is 2.54. The first-order valence-corrected chi connectivity index (χ1v) is 13.1. The number of aromatic nitrogens is 2. The van der Waals surface area contributed by atoms with Gasteiger partial charge in [-0.25, -0.2) is 8.78 Å². The van der Waals surface area contributed by atoms with Crippen LogP contribution in [0.4, 0.5) is 8.78 Å². The number of nitrogens with zero attached hydrogens (tertiary/aromatic N) is 2. The molecule has 1 unspecified atom stereocenters. The third-order valence-corrected chi connectivity index (χ3v) is 8.45. The van der Waals surface area contributed by atoms with Crippen LogP contribution in [-0.2, 0) is 17.6 Å². The molecule has 2 aliphatic rings.